The number of aromatic amines is 1. The molecule has 0 aliphatic carbocycles. The first kappa shape index (κ1) is 22.2. The maximum atomic E-state index is 14.6. The molecule has 174 valence electrons. The molecule has 1 amide bonds. The number of halogens is 3. The molecule has 10 heteroatoms. The van der Waals surface area contributed by atoms with Gasteiger partial charge in [-0.05, 0) is 49.6 Å². The van der Waals surface area contributed by atoms with E-state index in [9.17, 15) is 13.6 Å². The molecule has 0 spiro atoms. The Morgan fingerprint density at radius 3 is 2.82 bits per heavy atom. The fourth-order valence-electron chi connectivity index (χ4n) is 4.24. The Bertz CT molecular complexity index is 1340. The lowest BCUT2D eigenvalue weighted by Gasteiger charge is -2.36. The minimum Gasteiger partial charge on any atom is -0.365 e. The van der Waals surface area contributed by atoms with Gasteiger partial charge in [0.15, 0.2) is 17.5 Å². The summed E-state index contributed by atoms with van der Waals surface area (Å²) in [6, 6.07) is 7.10. The molecule has 0 unspecified atom stereocenters. The summed E-state index contributed by atoms with van der Waals surface area (Å²) in [7, 11) is 0. The van der Waals surface area contributed by atoms with Gasteiger partial charge in [0.05, 0.1) is 11.2 Å². The van der Waals surface area contributed by atoms with Crippen LogP contribution in [0.3, 0.4) is 0 Å². The number of piperidine rings is 1. The van der Waals surface area contributed by atoms with Gasteiger partial charge < -0.3 is 15.2 Å². The van der Waals surface area contributed by atoms with Crippen LogP contribution in [-0.2, 0) is 0 Å². The molecule has 2 N–H and O–H groups in total. The number of aromatic nitrogens is 4. The van der Waals surface area contributed by atoms with Crippen LogP contribution >= 0.6 is 11.6 Å². The van der Waals surface area contributed by atoms with Gasteiger partial charge in [0, 0.05) is 48.0 Å². The third-order valence-electron chi connectivity index (χ3n) is 5.97. The monoisotopic (exact) mass is 482 g/mol. The Kier molecular flexibility index (Phi) is 6.10. The fourth-order valence-corrected chi connectivity index (χ4v) is 4.39. The Labute approximate surface area is 199 Å². The minimum atomic E-state index is -0.591. The molecule has 1 aromatic carbocycles. The predicted octanol–water partition coefficient (Wildman–Crippen LogP) is 5.06. The van der Waals surface area contributed by atoms with Gasteiger partial charge in [-0.3, -0.25) is 4.79 Å². The quantitative estimate of drug-likeness (QED) is 0.415. The number of pyridine rings is 1. The topological polar surface area (TPSA) is 86.8 Å². The van der Waals surface area contributed by atoms with Gasteiger partial charge in [-0.15, -0.1) is 0 Å². The number of nitrogens with zero attached hydrogens (tertiary/aromatic N) is 4. The first-order chi connectivity index (χ1) is 16.5. The van der Waals surface area contributed by atoms with Crippen molar-refractivity contribution >= 4 is 34.4 Å². The number of amides is 1. The van der Waals surface area contributed by atoms with Crippen molar-refractivity contribution in [3.63, 3.8) is 0 Å². The summed E-state index contributed by atoms with van der Waals surface area (Å²) < 4.78 is 27.8. The predicted molar refractivity (Wildman–Crippen MR) is 126 cm³/mol. The Morgan fingerprint density at radius 2 is 2.00 bits per heavy atom. The zero-order chi connectivity index (χ0) is 23.7. The fraction of sp³-hybridized carbons (Fsp3) is 0.250. The Balaban J connectivity index is 1.36. The second-order valence-electron chi connectivity index (χ2n) is 8.18. The maximum Gasteiger partial charge on any atom is 0.254 e. The average Bonchev–Trinajstić information content (AvgIpc) is 3.27. The molecule has 1 aliphatic rings. The van der Waals surface area contributed by atoms with Crippen molar-refractivity contribution in [1.82, 2.24) is 24.8 Å². The number of rotatable bonds is 5. The number of fused-ring (bicyclic) bond motifs is 1. The lowest BCUT2D eigenvalue weighted by Crippen LogP contribution is -2.47. The largest absolute Gasteiger partial charge is 0.365 e. The second kappa shape index (κ2) is 9.34. The number of likely N-dealkylation sites (tertiary alicyclic amines) is 1. The van der Waals surface area contributed by atoms with Crippen molar-refractivity contribution in [1.29, 1.82) is 0 Å². The van der Waals surface area contributed by atoms with Gasteiger partial charge in [0.25, 0.3) is 5.91 Å². The van der Waals surface area contributed by atoms with Gasteiger partial charge in [-0.1, -0.05) is 11.6 Å². The highest BCUT2D eigenvalue weighted by atomic mass is 35.5. The van der Waals surface area contributed by atoms with E-state index >= 15 is 0 Å². The van der Waals surface area contributed by atoms with Gasteiger partial charge >= 0.3 is 0 Å². The molecule has 0 saturated carbocycles. The summed E-state index contributed by atoms with van der Waals surface area (Å²) >= 11 is 6.08. The van der Waals surface area contributed by atoms with Crippen LogP contribution in [0.4, 0.5) is 14.6 Å². The van der Waals surface area contributed by atoms with E-state index in [1.54, 1.807) is 17.2 Å². The molecule has 1 saturated heterocycles. The average molecular weight is 483 g/mol. The van der Waals surface area contributed by atoms with Gasteiger partial charge in [-0.25, -0.2) is 23.7 Å². The van der Waals surface area contributed by atoms with E-state index in [1.165, 1.54) is 30.5 Å². The van der Waals surface area contributed by atoms with Crippen LogP contribution in [0.1, 0.15) is 29.6 Å². The summed E-state index contributed by atoms with van der Waals surface area (Å²) in [5.74, 6) is -0.779. The standard InChI is InChI=1S/C24H21ClF2N6O/c25-15-9-18-19(12-30-21(18)28-10-15)22-31-13-20(27)23(32-22)29-11-17-3-1-2-8-33(17)24(34)14-4-6-16(26)7-5-14/h4-7,9-10,12-13,17H,1-3,8,11H2,(H,28,30)(H,29,31,32)/t17-/m0/s1. The molecular formula is C24H21ClF2N6O. The van der Waals surface area contributed by atoms with Crippen LogP contribution in [0, 0.1) is 11.6 Å². The number of carbonyl (C=O) groups excluding carboxylic acids is 1. The third kappa shape index (κ3) is 4.43. The first-order valence-corrected chi connectivity index (χ1v) is 11.3. The van der Waals surface area contributed by atoms with Crippen LogP contribution in [0.25, 0.3) is 22.4 Å². The number of carbonyl (C=O) groups is 1. The second-order valence-corrected chi connectivity index (χ2v) is 8.61. The van der Waals surface area contributed by atoms with Crippen molar-refractivity contribution in [3.8, 4) is 11.4 Å². The smallest absolute Gasteiger partial charge is 0.254 e. The zero-order valence-corrected chi connectivity index (χ0v) is 18.8. The van der Waals surface area contributed by atoms with Crippen LogP contribution in [0.15, 0.2) is 48.9 Å². The van der Waals surface area contributed by atoms with Crippen LogP contribution < -0.4 is 5.32 Å². The molecule has 0 bridgehead atoms. The van der Waals surface area contributed by atoms with Gasteiger partial charge in [-0.2, -0.15) is 0 Å². The van der Waals surface area contributed by atoms with Gasteiger partial charge in [0.2, 0.25) is 0 Å². The lowest BCUT2D eigenvalue weighted by molar-refractivity contribution is 0.0628. The number of hydrogen-bond acceptors (Lipinski definition) is 5. The van der Waals surface area contributed by atoms with Crippen molar-refractivity contribution in [2.75, 3.05) is 18.4 Å². The molecule has 3 aromatic heterocycles. The lowest BCUT2D eigenvalue weighted by atomic mass is 10.0. The highest BCUT2D eigenvalue weighted by Gasteiger charge is 2.28. The van der Waals surface area contributed by atoms with Crippen molar-refractivity contribution in [3.05, 3.63) is 71.1 Å². The minimum absolute atomic E-state index is 0.0501. The van der Waals surface area contributed by atoms with E-state index in [1.807, 2.05) is 0 Å². The van der Waals surface area contributed by atoms with Crippen molar-refractivity contribution in [2.45, 2.75) is 25.3 Å². The van der Waals surface area contributed by atoms with E-state index in [-0.39, 0.29) is 17.8 Å². The van der Waals surface area contributed by atoms with Crippen LogP contribution in [0.5, 0.6) is 0 Å². The van der Waals surface area contributed by atoms with E-state index in [0.29, 0.717) is 40.7 Å². The van der Waals surface area contributed by atoms with E-state index < -0.39 is 11.6 Å². The molecule has 1 aliphatic heterocycles. The number of hydrogen-bond donors (Lipinski definition) is 2. The SMILES string of the molecule is O=C(c1ccc(F)cc1)N1CCCC[C@H]1CNc1nc(-c2c[nH]c3ncc(Cl)cc23)ncc1F. The van der Waals surface area contributed by atoms with Crippen LogP contribution in [0.2, 0.25) is 5.02 Å². The number of H-pyrrole nitrogens is 1. The summed E-state index contributed by atoms with van der Waals surface area (Å²) in [6.07, 6.45) is 6.96. The highest BCUT2D eigenvalue weighted by Crippen LogP contribution is 2.28. The normalized spacial score (nSPS) is 16.1. The highest BCUT2D eigenvalue weighted by molar-refractivity contribution is 6.31. The number of nitrogens with one attached hydrogen (secondary N) is 2. The Hall–Kier alpha value is -3.59. The maximum absolute atomic E-state index is 14.6. The first-order valence-electron chi connectivity index (χ1n) is 11.0. The number of anilines is 1. The molecule has 5 rings (SSSR count). The summed E-state index contributed by atoms with van der Waals surface area (Å²) in [5.41, 5.74) is 1.70. The molecule has 0 radical (unpaired) electrons. The number of benzene rings is 1. The third-order valence-corrected chi connectivity index (χ3v) is 6.17. The summed E-state index contributed by atoms with van der Waals surface area (Å²) in [5, 5.41) is 4.26. The van der Waals surface area contributed by atoms with Crippen LogP contribution in [-0.4, -0.2) is 49.9 Å². The Morgan fingerprint density at radius 1 is 1.18 bits per heavy atom. The molecule has 4 aromatic rings. The van der Waals surface area contributed by atoms with E-state index in [2.05, 4.69) is 25.3 Å². The van der Waals surface area contributed by atoms with E-state index in [0.717, 1.165) is 30.8 Å². The summed E-state index contributed by atoms with van der Waals surface area (Å²) in [6.45, 7) is 0.907. The molecule has 1 atom stereocenters. The van der Waals surface area contributed by atoms with Crippen molar-refractivity contribution < 1.29 is 13.6 Å². The molecule has 34 heavy (non-hydrogen) atoms. The summed E-state index contributed by atoms with van der Waals surface area (Å²) in [4.78, 5) is 30.6. The zero-order valence-electron chi connectivity index (χ0n) is 18.1. The van der Waals surface area contributed by atoms with Crippen molar-refractivity contribution in [2.24, 2.45) is 0 Å². The molecule has 7 nitrogen and oxygen atoms in total. The van der Waals surface area contributed by atoms with E-state index in [4.69, 9.17) is 11.6 Å². The molecule has 1 fully saturated rings. The molecule has 4 heterocycles. The molecular weight excluding hydrogens is 462 g/mol. The van der Waals surface area contributed by atoms with Gasteiger partial charge in [0.1, 0.15) is 11.5 Å².